The molecule has 1 aliphatic carbocycles. The molecule has 0 spiro atoms. The van der Waals surface area contributed by atoms with Crippen LogP contribution in [0.3, 0.4) is 0 Å². The number of nitrogens with two attached hydrogens (primary N) is 1. The van der Waals surface area contributed by atoms with Gasteiger partial charge in [0.1, 0.15) is 0 Å². The summed E-state index contributed by atoms with van der Waals surface area (Å²) in [6.07, 6.45) is 2.46. The van der Waals surface area contributed by atoms with Crippen LogP contribution < -0.4 is 5.73 Å². The minimum Gasteiger partial charge on any atom is -0.330 e. The van der Waals surface area contributed by atoms with Crippen LogP contribution in [-0.4, -0.2) is 6.54 Å². The molecule has 0 aromatic heterocycles. The Bertz CT molecular complexity index is 512. The van der Waals surface area contributed by atoms with E-state index in [0.29, 0.717) is 0 Å². The van der Waals surface area contributed by atoms with E-state index in [-0.39, 0.29) is 5.41 Å². The summed E-state index contributed by atoms with van der Waals surface area (Å²) in [5.41, 5.74) is 10.3. The highest BCUT2D eigenvalue weighted by Gasteiger charge is 2.44. The van der Waals surface area contributed by atoms with Crippen LogP contribution >= 0.6 is 0 Å². The first-order valence-electron chi connectivity index (χ1n) is 6.21. The summed E-state index contributed by atoms with van der Waals surface area (Å²) in [5.74, 6) is 0. The second-order valence-electron chi connectivity index (χ2n) is 4.90. The molecule has 1 nitrogen and oxygen atoms in total. The third-order valence-corrected chi connectivity index (χ3v) is 3.83. The zero-order chi connectivity index (χ0) is 11.7. The summed E-state index contributed by atoms with van der Waals surface area (Å²) < 4.78 is 0. The van der Waals surface area contributed by atoms with Crippen LogP contribution in [0.15, 0.2) is 54.6 Å². The van der Waals surface area contributed by atoms with E-state index in [1.807, 2.05) is 0 Å². The second kappa shape index (κ2) is 4.01. The Morgan fingerprint density at radius 3 is 2.18 bits per heavy atom. The molecule has 1 heteroatoms. The lowest BCUT2D eigenvalue weighted by Gasteiger charge is -2.17. The monoisotopic (exact) mass is 223 g/mol. The highest BCUT2D eigenvalue weighted by atomic mass is 14.7. The van der Waals surface area contributed by atoms with Gasteiger partial charge < -0.3 is 5.73 Å². The van der Waals surface area contributed by atoms with Crippen LogP contribution in [-0.2, 0) is 5.41 Å². The Morgan fingerprint density at radius 2 is 1.53 bits per heavy atom. The molecule has 3 rings (SSSR count). The average molecular weight is 223 g/mol. The van der Waals surface area contributed by atoms with E-state index < -0.39 is 0 Å². The first kappa shape index (κ1) is 10.5. The molecule has 0 atom stereocenters. The van der Waals surface area contributed by atoms with Crippen LogP contribution in [0.2, 0.25) is 0 Å². The standard InChI is InChI=1S/C16H17N/c17-12-16(10-11-16)15-9-5-4-8-14(15)13-6-2-1-3-7-13/h1-9H,10-12,17H2. The van der Waals surface area contributed by atoms with Crippen molar-refractivity contribution in [1.29, 1.82) is 0 Å². The minimum absolute atomic E-state index is 0.256. The summed E-state index contributed by atoms with van der Waals surface area (Å²) >= 11 is 0. The number of rotatable bonds is 3. The first-order chi connectivity index (χ1) is 8.36. The molecule has 1 fully saturated rings. The van der Waals surface area contributed by atoms with E-state index in [4.69, 9.17) is 5.73 Å². The lowest BCUT2D eigenvalue weighted by atomic mass is 9.88. The van der Waals surface area contributed by atoms with Crippen molar-refractivity contribution in [3.05, 3.63) is 60.2 Å². The molecule has 0 radical (unpaired) electrons. The van der Waals surface area contributed by atoms with Gasteiger partial charge in [0.05, 0.1) is 0 Å². The van der Waals surface area contributed by atoms with Crippen molar-refractivity contribution < 1.29 is 0 Å². The van der Waals surface area contributed by atoms with Gasteiger partial charge in [-0.05, 0) is 29.5 Å². The summed E-state index contributed by atoms with van der Waals surface area (Å²) in [4.78, 5) is 0. The van der Waals surface area contributed by atoms with E-state index >= 15 is 0 Å². The zero-order valence-corrected chi connectivity index (χ0v) is 9.89. The van der Waals surface area contributed by atoms with Crippen molar-refractivity contribution in [2.45, 2.75) is 18.3 Å². The van der Waals surface area contributed by atoms with Gasteiger partial charge in [-0.1, -0.05) is 54.6 Å². The van der Waals surface area contributed by atoms with Crippen molar-refractivity contribution in [3.63, 3.8) is 0 Å². The molecule has 2 aromatic rings. The van der Waals surface area contributed by atoms with E-state index in [9.17, 15) is 0 Å². The van der Waals surface area contributed by atoms with Gasteiger partial charge in [-0.25, -0.2) is 0 Å². The Kier molecular flexibility index (Phi) is 2.49. The van der Waals surface area contributed by atoms with Gasteiger partial charge in [0.2, 0.25) is 0 Å². The first-order valence-corrected chi connectivity index (χ1v) is 6.21. The zero-order valence-electron chi connectivity index (χ0n) is 9.89. The summed E-state index contributed by atoms with van der Waals surface area (Å²) in [6.45, 7) is 0.761. The maximum absolute atomic E-state index is 5.95. The molecule has 0 aliphatic heterocycles. The van der Waals surface area contributed by atoms with E-state index in [0.717, 1.165) is 6.54 Å². The highest BCUT2D eigenvalue weighted by molar-refractivity contribution is 5.69. The maximum atomic E-state index is 5.95. The third kappa shape index (κ3) is 1.77. The smallest absolute Gasteiger partial charge is 0.00823 e. The number of hydrogen-bond donors (Lipinski definition) is 1. The van der Waals surface area contributed by atoms with Gasteiger partial charge in [0.15, 0.2) is 0 Å². The molecule has 2 N–H and O–H groups in total. The summed E-state index contributed by atoms with van der Waals surface area (Å²) in [7, 11) is 0. The van der Waals surface area contributed by atoms with Gasteiger partial charge >= 0.3 is 0 Å². The Hall–Kier alpha value is -1.60. The van der Waals surface area contributed by atoms with Gasteiger partial charge in [-0.15, -0.1) is 0 Å². The molecule has 1 saturated carbocycles. The molecular weight excluding hydrogens is 206 g/mol. The Morgan fingerprint density at radius 1 is 0.882 bits per heavy atom. The topological polar surface area (TPSA) is 26.0 Å². The predicted octanol–water partition coefficient (Wildman–Crippen LogP) is 3.34. The summed E-state index contributed by atoms with van der Waals surface area (Å²) in [5, 5.41) is 0. The van der Waals surface area contributed by atoms with Crippen LogP contribution in [0.5, 0.6) is 0 Å². The average Bonchev–Trinajstić information content (AvgIpc) is 3.21. The van der Waals surface area contributed by atoms with Crippen molar-refractivity contribution in [3.8, 4) is 11.1 Å². The molecule has 0 saturated heterocycles. The normalized spacial score (nSPS) is 16.8. The molecule has 2 aromatic carbocycles. The third-order valence-electron chi connectivity index (χ3n) is 3.83. The fraction of sp³-hybridized carbons (Fsp3) is 0.250. The van der Waals surface area contributed by atoms with Crippen molar-refractivity contribution in [2.75, 3.05) is 6.54 Å². The Balaban J connectivity index is 2.12. The van der Waals surface area contributed by atoms with E-state index in [1.165, 1.54) is 29.5 Å². The van der Waals surface area contributed by atoms with E-state index in [1.54, 1.807) is 0 Å². The van der Waals surface area contributed by atoms with Gasteiger partial charge in [0, 0.05) is 12.0 Å². The molecule has 0 amide bonds. The van der Waals surface area contributed by atoms with Gasteiger partial charge in [-0.2, -0.15) is 0 Å². The van der Waals surface area contributed by atoms with Gasteiger partial charge in [-0.3, -0.25) is 0 Å². The second-order valence-corrected chi connectivity index (χ2v) is 4.90. The number of benzene rings is 2. The molecule has 1 aliphatic rings. The van der Waals surface area contributed by atoms with Crippen LogP contribution in [0.25, 0.3) is 11.1 Å². The molecule has 0 heterocycles. The quantitative estimate of drug-likeness (QED) is 0.848. The highest BCUT2D eigenvalue weighted by Crippen LogP contribution is 2.50. The summed E-state index contributed by atoms with van der Waals surface area (Å²) in [6, 6.07) is 19.3. The fourth-order valence-corrected chi connectivity index (χ4v) is 2.55. The van der Waals surface area contributed by atoms with Crippen LogP contribution in [0, 0.1) is 0 Å². The van der Waals surface area contributed by atoms with Crippen LogP contribution in [0.1, 0.15) is 18.4 Å². The SMILES string of the molecule is NCC1(c2ccccc2-c2ccccc2)CC1. The number of hydrogen-bond acceptors (Lipinski definition) is 1. The molecule has 0 unspecified atom stereocenters. The minimum atomic E-state index is 0.256. The molecular formula is C16H17N. The maximum Gasteiger partial charge on any atom is 0.00823 e. The fourth-order valence-electron chi connectivity index (χ4n) is 2.55. The van der Waals surface area contributed by atoms with Crippen molar-refractivity contribution in [2.24, 2.45) is 5.73 Å². The van der Waals surface area contributed by atoms with Crippen LogP contribution in [0.4, 0.5) is 0 Å². The lowest BCUT2D eigenvalue weighted by Crippen LogP contribution is -2.20. The Labute approximate surface area is 102 Å². The predicted molar refractivity (Wildman–Crippen MR) is 71.8 cm³/mol. The molecule has 17 heavy (non-hydrogen) atoms. The van der Waals surface area contributed by atoms with Crippen molar-refractivity contribution >= 4 is 0 Å². The largest absolute Gasteiger partial charge is 0.330 e. The van der Waals surface area contributed by atoms with Gasteiger partial charge in [0.25, 0.3) is 0 Å². The lowest BCUT2D eigenvalue weighted by molar-refractivity contribution is 0.706. The molecule has 0 bridgehead atoms. The van der Waals surface area contributed by atoms with Crippen molar-refractivity contribution in [1.82, 2.24) is 0 Å². The van der Waals surface area contributed by atoms with E-state index in [2.05, 4.69) is 54.6 Å². The molecule has 86 valence electrons.